The van der Waals surface area contributed by atoms with Crippen molar-refractivity contribution in [2.75, 3.05) is 20.7 Å². The number of benzene rings is 1. The first-order valence-corrected chi connectivity index (χ1v) is 12.8. The zero-order valence-electron chi connectivity index (χ0n) is 24.4. The molecule has 2 N–H and O–H groups in total. The number of esters is 1. The van der Waals surface area contributed by atoms with E-state index >= 15 is 0 Å². The van der Waals surface area contributed by atoms with Crippen LogP contribution in [0.25, 0.3) is 0 Å². The monoisotopic (exact) mass is 519 g/mol. The number of hydrogen-bond donors (Lipinski definition) is 2. The predicted octanol–water partition coefficient (Wildman–Crippen LogP) is 4.21. The van der Waals surface area contributed by atoms with E-state index < -0.39 is 28.9 Å². The van der Waals surface area contributed by atoms with Gasteiger partial charge in [-0.1, -0.05) is 66.7 Å². The van der Waals surface area contributed by atoms with Crippen LogP contribution >= 0.6 is 0 Å². The molecule has 0 heterocycles. The Hall–Kier alpha value is -2.74. The Bertz CT molecular complexity index is 982. The second-order valence-electron chi connectivity index (χ2n) is 11.5. The summed E-state index contributed by atoms with van der Waals surface area (Å²) in [5, 5.41) is 6.03. The van der Waals surface area contributed by atoms with Crippen molar-refractivity contribution in [1.82, 2.24) is 15.5 Å². The molecule has 0 radical (unpaired) electrons. The lowest BCUT2D eigenvalue weighted by molar-refractivity contribution is -0.141. The average Bonchev–Trinajstić information content (AvgIpc) is 2.79. The van der Waals surface area contributed by atoms with Crippen molar-refractivity contribution in [3.05, 3.63) is 47.3 Å². The summed E-state index contributed by atoms with van der Waals surface area (Å²) in [6.45, 7) is 17.0. The van der Waals surface area contributed by atoms with Crippen molar-refractivity contribution < 1.29 is 23.5 Å². The van der Waals surface area contributed by atoms with Crippen molar-refractivity contribution in [3.63, 3.8) is 0 Å². The van der Waals surface area contributed by atoms with Gasteiger partial charge in [-0.15, -0.1) is 0 Å². The Labute approximate surface area is 222 Å². The van der Waals surface area contributed by atoms with Crippen molar-refractivity contribution in [2.45, 2.75) is 85.9 Å². The first-order chi connectivity index (χ1) is 17.0. The third-order valence-electron chi connectivity index (χ3n) is 6.74. The van der Waals surface area contributed by atoms with E-state index in [0.717, 1.165) is 0 Å². The van der Waals surface area contributed by atoms with Crippen LogP contribution in [0.5, 0.6) is 0 Å². The molecule has 0 aliphatic heterocycles. The predicted molar refractivity (Wildman–Crippen MR) is 145 cm³/mol. The van der Waals surface area contributed by atoms with Crippen LogP contribution in [-0.4, -0.2) is 61.5 Å². The first-order valence-electron chi connectivity index (χ1n) is 12.8. The van der Waals surface area contributed by atoms with Crippen LogP contribution in [0, 0.1) is 17.2 Å². The van der Waals surface area contributed by atoms with Crippen molar-refractivity contribution in [3.8, 4) is 0 Å². The molecule has 2 amide bonds. The second-order valence-corrected chi connectivity index (χ2v) is 11.5. The molecular weight excluding hydrogens is 473 g/mol. The molecule has 37 heavy (non-hydrogen) atoms. The number of carbonyl (C=O) groups excluding carboxylic acids is 3. The average molecular weight is 520 g/mol. The largest absolute Gasteiger partial charge is 0.463 e. The fraction of sp³-hybridized carbons (Fsp3) is 0.621. The summed E-state index contributed by atoms with van der Waals surface area (Å²) in [7, 11) is 3.35. The minimum Gasteiger partial charge on any atom is -0.463 e. The lowest BCUT2D eigenvalue weighted by Crippen LogP contribution is -2.61. The van der Waals surface area contributed by atoms with Gasteiger partial charge >= 0.3 is 5.97 Å². The molecule has 1 aromatic rings. The molecule has 0 aliphatic carbocycles. The maximum Gasteiger partial charge on any atom is 0.333 e. The van der Waals surface area contributed by atoms with E-state index in [4.69, 9.17) is 4.74 Å². The first kappa shape index (κ1) is 32.3. The highest BCUT2D eigenvalue weighted by atomic mass is 19.1. The highest BCUT2D eigenvalue weighted by Crippen LogP contribution is 2.29. The second kappa shape index (κ2) is 13.2. The molecule has 0 aliphatic rings. The number of nitrogens with zero attached hydrogens (tertiary/aromatic N) is 1. The molecule has 1 rings (SSSR count). The summed E-state index contributed by atoms with van der Waals surface area (Å²) in [4.78, 5) is 41.2. The third-order valence-corrected chi connectivity index (χ3v) is 6.74. The van der Waals surface area contributed by atoms with E-state index in [0.29, 0.717) is 11.1 Å². The van der Waals surface area contributed by atoms with Crippen LogP contribution in [0.1, 0.15) is 67.9 Å². The van der Waals surface area contributed by atoms with Crippen LogP contribution in [0.15, 0.2) is 35.9 Å². The van der Waals surface area contributed by atoms with Crippen molar-refractivity contribution in [2.24, 2.45) is 11.3 Å². The van der Waals surface area contributed by atoms with E-state index in [1.54, 1.807) is 51.1 Å². The van der Waals surface area contributed by atoms with Gasteiger partial charge in [-0.05, 0) is 49.9 Å². The quantitative estimate of drug-likeness (QED) is 0.338. The molecule has 0 aromatic heterocycles. The van der Waals surface area contributed by atoms with Gasteiger partial charge < -0.3 is 20.3 Å². The van der Waals surface area contributed by atoms with Crippen LogP contribution < -0.4 is 10.6 Å². The number of hydrogen-bond acceptors (Lipinski definition) is 5. The molecule has 0 saturated carbocycles. The highest BCUT2D eigenvalue weighted by Gasteiger charge is 2.41. The topological polar surface area (TPSA) is 87.7 Å². The number of amides is 2. The van der Waals surface area contributed by atoms with Crippen LogP contribution in [0.4, 0.5) is 4.39 Å². The number of halogens is 1. The van der Waals surface area contributed by atoms with Crippen molar-refractivity contribution in [1.29, 1.82) is 0 Å². The van der Waals surface area contributed by atoms with Crippen LogP contribution in [0.3, 0.4) is 0 Å². The van der Waals surface area contributed by atoms with Gasteiger partial charge in [-0.25, -0.2) is 9.18 Å². The molecule has 1 aromatic carbocycles. The van der Waals surface area contributed by atoms with Gasteiger partial charge in [0, 0.05) is 18.0 Å². The fourth-order valence-electron chi connectivity index (χ4n) is 4.42. The smallest absolute Gasteiger partial charge is 0.333 e. The maximum atomic E-state index is 13.9. The molecular formula is C29H46FN3O4. The summed E-state index contributed by atoms with van der Waals surface area (Å²) in [5.74, 6) is -1.43. The Morgan fingerprint density at radius 2 is 1.70 bits per heavy atom. The van der Waals surface area contributed by atoms with Gasteiger partial charge in [0.1, 0.15) is 11.9 Å². The van der Waals surface area contributed by atoms with Crippen molar-refractivity contribution >= 4 is 17.8 Å². The molecule has 208 valence electrons. The van der Waals surface area contributed by atoms with Gasteiger partial charge in [0.05, 0.1) is 18.7 Å². The molecule has 0 spiro atoms. The van der Waals surface area contributed by atoms with Gasteiger partial charge in [0.15, 0.2) is 0 Å². The standard InChI is InChI=1S/C29H46FN3O4/c1-12-37-27(36)19(4)16-22(18(2)3)33(11)26(35)24(28(5,6)7)32-25(34)23(31-10)29(8,9)20-14-13-15-21(30)17-20/h13-18,22-24,31H,12H2,1-11H3,(H,32,34)/b19-16+/t22-,23-,24-/m1/s1. The van der Waals surface area contributed by atoms with Crippen LogP contribution in [0.2, 0.25) is 0 Å². The molecule has 0 fully saturated rings. The minimum atomic E-state index is -0.846. The Morgan fingerprint density at radius 3 is 2.16 bits per heavy atom. The molecule has 8 heteroatoms. The van der Waals surface area contributed by atoms with Crippen LogP contribution in [-0.2, 0) is 24.5 Å². The van der Waals surface area contributed by atoms with E-state index in [9.17, 15) is 18.8 Å². The maximum absolute atomic E-state index is 13.9. The summed E-state index contributed by atoms with van der Waals surface area (Å²) < 4.78 is 19.0. The zero-order chi connectivity index (χ0) is 28.7. The van der Waals surface area contributed by atoms with Gasteiger partial charge in [-0.2, -0.15) is 0 Å². The lowest BCUT2D eigenvalue weighted by Gasteiger charge is -2.40. The third kappa shape index (κ3) is 8.38. The van der Waals surface area contributed by atoms with Gasteiger partial charge in [0.25, 0.3) is 0 Å². The number of ether oxygens (including phenoxy) is 1. The Kier molecular flexibility index (Phi) is 11.5. The summed E-state index contributed by atoms with van der Waals surface area (Å²) in [6.07, 6.45) is 1.74. The Morgan fingerprint density at radius 1 is 1.11 bits per heavy atom. The van der Waals surface area contributed by atoms with E-state index in [1.807, 2.05) is 48.5 Å². The molecule has 3 atom stereocenters. The van der Waals surface area contributed by atoms with E-state index in [-0.39, 0.29) is 36.2 Å². The number of rotatable bonds is 11. The fourth-order valence-corrected chi connectivity index (χ4v) is 4.42. The zero-order valence-corrected chi connectivity index (χ0v) is 24.4. The minimum absolute atomic E-state index is 0.00612. The summed E-state index contributed by atoms with van der Waals surface area (Å²) in [6, 6.07) is 4.22. The normalized spacial score (nSPS) is 15.1. The Balaban J connectivity index is 3.31. The van der Waals surface area contributed by atoms with Gasteiger partial charge in [-0.3, -0.25) is 9.59 Å². The SMILES string of the molecule is CCOC(=O)/C(C)=C/[C@H](C(C)C)N(C)C(=O)[C@@H](NC(=O)[C@@H](NC)C(C)(C)c1cccc(F)c1)C(C)(C)C. The molecule has 7 nitrogen and oxygen atoms in total. The molecule has 0 saturated heterocycles. The number of nitrogens with one attached hydrogen (secondary N) is 2. The van der Waals surface area contributed by atoms with E-state index in [1.165, 1.54) is 12.1 Å². The van der Waals surface area contributed by atoms with E-state index in [2.05, 4.69) is 10.6 Å². The molecule has 0 bridgehead atoms. The highest BCUT2D eigenvalue weighted by molar-refractivity contribution is 5.92. The van der Waals surface area contributed by atoms with Gasteiger partial charge in [0.2, 0.25) is 11.8 Å². The number of carbonyl (C=O) groups is 3. The lowest BCUT2D eigenvalue weighted by atomic mass is 9.76. The number of likely N-dealkylation sites (N-methyl/N-ethyl adjacent to an activating group) is 2. The summed E-state index contributed by atoms with van der Waals surface area (Å²) in [5.41, 5.74) is -0.289. The molecule has 0 unspecified atom stereocenters. The summed E-state index contributed by atoms with van der Waals surface area (Å²) >= 11 is 0.